The number of thioether (sulfide) groups is 1. The van der Waals surface area contributed by atoms with Crippen LogP contribution < -0.4 is 10.6 Å². The number of rotatable bonds is 19. The van der Waals surface area contributed by atoms with Crippen LogP contribution in [0.5, 0.6) is 0 Å². The summed E-state index contributed by atoms with van der Waals surface area (Å²) in [5.41, 5.74) is 3.34. The van der Waals surface area contributed by atoms with Gasteiger partial charge in [-0.25, -0.2) is 14.6 Å². The number of hydrogen-bond acceptors (Lipinski definition) is 12. The molecule has 3 heterocycles. The number of β-lactam (4-membered cyclic amide) rings is 1. The number of halogens is 1. The van der Waals surface area contributed by atoms with E-state index in [1.54, 1.807) is 5.38 Å². The van der Waals surface area contributed by atoms with Crippen molar-refractivity contribution in [3.63, 3.8) is 0 Å². The highest BCUT2D eigenvalue weighted by molar-refractivity contribution is 8.00. The number of aromatic nitrogens is 1. The van der Waals surface area contributed by atoms with Crippen molar-refractivity contribution in [3.8, 4) is 0 Å². The van der Waals surface area contributed by atoms with Crippen LogP contribution >= 0.6 is 34.7 Å². The number of oxime groups is 1. The highest BCUT2D eigenvalue weighted by Crippen LogP contribution is 2.43. The van der Waals surface area contributed by atoms with Crippen molar-refractivity contribution in [2.24, 2.45) is 5.16 Å². The molecular weight excluding hydrogens is 1030 g/mol. The van der Waals surface area contributed by atoms with Crippen LogP contribution in [0.1, 0.15) is 70.7 Å². The molecule has 2 N–H and O–H groups in total. The molecule has 0 bridgehead atoms. The molecule has 1 saturated heterocycles. The fraction of sp³-hybridized carbons (Fsp3) is 0.161. The number of esters is 2. The van der Waals surface area contributed by atoms with Crippen molar-refractivity contribution in [1.82, 2.24) is 15.2 Å². The fourth-order valence-electron chi connectivity index (χ4n) is 9.35. The van der Waals surface area contributed by atoms with Crippen molar-refractivity contribution in [2.75, 3.05) is 16.9 Å². The Bertz CT molecular complexity index is 3230. The van der Waals surface area contributed by atoms with Gasteiger partial charge in [0, 0.05) is 17.0 Å². The summed E-state index contributed by atoms with van der Waals surface area (Å²) in [6, 6.07) is 66.2. The number of fused-ring (bicyclic) bond motifs is 1. The van der Waals surface area contributed by atoms with E-state index >= 15 is 0 Å². The number of ether oxygens (including phenoxy) is 2. The number of benzene rings is 7. The van der Waals surface area contributed by atoms with E-state index in [0.717, 1.165) is 38.9 Å². The van der Waals surface area contributed by atoms with Gasteiger partial charge in [0.1, 0.15) is 28.3 Å². The molecule has 7 aromatic carbocycles. The van der Waals surface area contributed by atoms with Crippen LogP contribution in [-0.2, 0) is 39.0 Å². The van der Waals surface area contributed by atoms with Crippen LogP contribution in [0.25, 0.3) is 0 Å². The lowest BCUT2D eigenvalue weighted by Gasteiger charge is -2.49. The summed E-state index contributed by atoms with van der Waals surface area (Å²) in [5, 5.41) is 12.4. The van der Waals surface area contributed by atoms with Crippen molar-refractivity contribution in [2.45, 2.75) is 48.6 Å². The Labute approximate surface area is 459 Å². The van der Waals surface area contributed by atoms with Crippen molar-refractivity contribution < 1.29 is 33.5 Å². The summed E-state index contributed by atoms with van der Waals surface area (Å²) in [5.74, 6) is -2.61. The number of thiazole rings is 1. The third-order valence-corrected chi connectivity index (χ3v) is 15.7. The summed E-state index contributed by atoms with van der Waals surface area (Å²) in [7, 11) is 0. The zero-order chi connectivity index (χ0) is 53.4. The number of nitrogens with one attached hydrogen (secondary N) is 2. The summed E-state index contributed by atoms with van der Waals surface area (Å²) in [6.07, 6.45) is -1.57. The number of hydrogen-bond donors (Lipinski definition) is 2. The molecule has 0 spiro atoms. The maximum atomic E-state index is 15.0. The van der Waals surface area contributed by atoms with Gasteiger partial charge in [-0.1, -0.05) is 217 Å². The summed E-state index contributed by atoms with van der Waals surface area (Å²) < 4.78 is 12.4. The van der Waals surface area contributed by atoms with Gasteiger partial charge >= 0.3 is 11.9 Å². The first-order valence-electron chi connectivity index (χ1n) is 24.9. The van der Waals surface area contributed by atoms with Gasteiger partial charge < -0.3 is 24.9 Å². The van der Waals surface area contributed by atoms with Crippen LogP contribution in [0.3, 0.4) is 0 Å². The Morgan fingerprint density at radius 3 is 1.53 bits per heavy atom. The molecule has 0 aliphatic carbocycles. The van der Waals surface area contributed by atoms with Gasteiger partial charge in [-0.05, 0) is 58.4 Å². The van der Waals surface area contributed by atoms with Crippen LogP contribution in [0.15, 0.2) is 234 Å². The Balaban J connectivity index is 0.969. The molecule has 10 rings (SSSR count). The quantitative estimate of drug-likeness (QED) is 0.0200. The van der Waals surface area contributed by atoms with Gasteiger partial charge in [0.05, 0.1) is 0 Å². The molecule has 1 unspecified atom stereocenters. The molecule has 77 heavy (non-hydrogen) atoms. The van der Waals surface area contributed by atoms with Gasteiger partial charge in [-0.15, -0.1) is 34.7 Å². The lowest BCUT2D eigenvalue weighted by atomic mass is 9.77. The molecule has 0 saturated carbocycles. The summed E-state index contributed by atoms with van der Waals surface area (Å²) in [6.45, 7) is 2.99. The molecule has 2 aliphatic heterocycles. The van der Waals surface area contributed by atoms with Gasteiger partial charge in [-0.3, -0.25) is 14.5 Å². The molecular formula is C62H52ClN5O7S2. The number of anilines is 1. The van der Waals surface area contributed by atoms with Gasteiger partial charge in [0.25, 0.3) is 11.8 Å². The van der Waals surface area contributed by atoms with Crippen LogP contribution in [0.4, 0.5) is 5.13 Å². The van der Waals surface area contributed by atoms with E-state index < -0.39 is 58.5 Å². The Hall–Kier alpha value is -8.30. The van der Waals surface area contributed by atoms with E-state index in [4.69, 9.17) is 30.9 Å². The highest BCUT2D eigenvalue weighted by Gasteiger charge is 2.55. The van der Waals surface area contributed by atoms with E-state index in [1.807, 2.05) is 212 Å². The number of carbonyl (C=O) groups excluding carboxylic acids is 4. The smallest absolute Gasteiger partial charge is 0.356 e. The minimum atomic E-state index is -1.76. The molecule has 12 nitrogen and oxygen atoms in total. The summed E-state index contributed by atoms with van der Waals surface area (Å²) in [4.78, 5) is 70.5. The van der Waals surface area contributed by atoms with Crippen molar-refractivity contribution >= 4 is 69.3 Å². The lowest BCUT2D eigenvalue weighted by Crippen LogP contribution is -2.71. The van der Waals surface area contributed by atoms with Crippen LogP contribution in [-0.4, -0.2) is 68.0 Å². The molecule has 8 aromatic rings. The number of nitrogens with zero attached hydrogens (tertiary/aromatic N) is 3. The molecule has 2 atom stereocenters. The Morgan fingerprint density at radius 2 is 1.09 bits per heavy atom. The van der Waals surface area contributed by atoms with Gasteiger partial charge in [0.15, 0.2) is 23.1 Å². The van der Waals surface area contributed by atoms with E-state index in [1.165, 1.54) is 41.8 Å². The minimum absolute atomic E-state index is 0.0313. The zero-order valence-corrected chi connectivity index (χ0v) is 44.3. The Morgan fingerprint density at radius 1 is 0.662 bits per heavy atom. The van der Waals surface area contributed by atoms with E-state index in [9.17, 15) is 19.2 Å². The first kappa shape index (κ1) is 52.2. The van der Waals surface area contributed by atoms with Crippen LogP contribution in [0, 0.1) is 0 Å². The van der Waals surface area contributed by atoms with Crippen LogP contribution in [0.2, 0.25) is 0 Å². The average Bonchev–Trinajstić information content (AvgIpc) is 3.95. The topological polar surface area (TPSA) is 149 Å². The van der Waals surface area contributed by atoms with E-state index in [-0.39, 0.29) is 28.7 Å². The number of amides is 2. The second-order valence-electron chi connectivity index (χ2n) is 18.7. The first-order chi connectivity index (χ1) is 37.6. The second-order valence-corrected chi connectivity index (χ2v) is 20.9. The molecule has 2 aliphatic rings. The predicted molar refractivity (Wildman–Crippen MR) is 301 cm³/mol. The van der Waals surface area contributed by atoms with Crippen molar-refractivity contribution in [3.05, 3.63) is 274 Å². The SMILES string of the molecule is CC(C)(ON=C(C(=O)NC1C(=O)N2C(C(=O)OC(c3ccccc3)c3ccccc3)=C(CCl)CS[C@H]12)c1csc(NC(c2ccccc2)(c2ccccc2)c2ccccc2)n1)C(=O)OC(c1ccccc1)c1ccccc1. The molecule has 15 heteroatoms. The zero-order valence-electron chi connectivity index (χ0n) is 41.9. The molecule has 2 amide bonds. The highest BCUT2D eigenvalue weighted by atomic mass is 35.5. The standard InChI is InChI=1S/C62H52ClN5O7S2/c1-61(2,59(72)74-54(43-28-14-5-15-29-43)44-30-16-6-17-31-44)75-67-50(49-40-77-60(64-49)66-62(46-32-18-7-19-33-46,47-34-20-8-21-35-47)48-36-22-9-23-37-48)55(69)65-51-56(70)68-52(45(38-63)39-76-57(51)68)58(71)73-53(41-24-10-3-11-25-41)42-26-12-4-13-27-42/h3-37,40,51,53-54,57H,38-39H2,1-2H3,(H,64,66)(H,65,69)/t51?,57-/m1/s1. The van der Waals surface area contributed by atoms with Gasteiger partial charge in [-0.2, -0.15) is 0 Å². The third kappa shape index (κ3) is 11.0. The van der Waals surface area contributed by atoms with E-state index in [0.29, 0.717) is 10.7 Å². The maximum Gasteiger partial charge on any atom is 0.356 e. The second kappa shape index (κ2) is 23.3. The normalized spacial score (nSPS) is 15.6. The number of alkyl halides is 1. The maximum absolute atomic E-state index is 15.0. The predicted octanol–water partition coefficient (Wildman–Crippen LogP) is 11.6. The average molecular weight is 1080 g/mol. The lowest BCUT2D eigenvalue weighted by molar-refractivity contribution is -0.172. The monoisotopic (exact) mass is 1080 g/mol. The third-order valence-electron chi connectivity index (χ3n) is 13.3. The number of carbonyl (C=O) groups is 4. The molecule has 0 radical (unpaired) electrons. The minimum Gasteiger partial charge on any atom is -0.450 e. The molecule has 1 aromatic heterocycles. The fourth-order valence-corrected chi connectivity index (χ4v) is 11.8. The van der Waals surface area contributed by atoms with Gasteiger partial charge in [0.2, 0.25) is 5.60 Å². The Kier molecular flexibility index (Phi) is 15.8. The first-order valence-corrected chi connectivity index (χ1v) is 27.3. The van der Waals surface area contributed by atoms with Crippen molar-refractivity contribution in [1.29, 1.82) is 0 Å². The van der Waals surface area contributed by atoms with E-state index in [2.05, 4.69) is 15.8 Å². The molecule has 386 valence electrons. The summed E-state index contributed by atoms with van der Waals surface area (Å²) >= 11 is 9.06. The molecule has 1 fully saturated rings. The largest absolute Gasteiger partial charge is 0.450 e.